The second kappa shape index (κ2) is 10.6. The fourth-order valence-electron chi connectivity index (χ4n) is 4.19. The average Bonchev–Trinajstić information content (AvgIpc) is 3.21. The summed E-state index contributed by atoms with van der Waals surface area (Å²) in [6.07, 6.45) is 9.00. The molecule has 148 valence electrons. The van der Waals surface area contributed by atoms with E-state index in [1.165, 1.54) is 69.5 Å². The van der Waals surface area contributed by atoms with Crippen LogP contribution in [0.4, 0.5) is 0 Å². The molecule has 0 saturated carbocycles. The molecule has 2 heterocycles. The largest absolute Gasteiger partial charge is 0.303 e. The minimum Gasteiger partial charge on any atom is -0.303 e. The van der Waals surface area contributed by atoms with E-state index in [1.54, 1.807) is 0 Å². The molecule has 1 fully saturated rings. The van der Waals surface area contributed by atoms with Crippen molar-refractivity contribution in [1.29, 1.82) is 0 Å². The highest BCUT2D eigenvalue weighted by molar-refractivity contribution is 5.25. The molecule has 0 atom stereocenters. The summed E-state index contributed by atoms with van der Waals surface area (Å²) in [5, 5.41) is 4.30. The molecule has 1 aliphatic heterocycles. The fourth-order valence-corrected chi connectivity index (χ4v) is 4.19. The first-order chi connectivity index (χ1) is 13.2. The van der Waals surface area contributed by atoms with Gasteiger partial charge in [0.1, 0.15) is 0 Å². The number of hydrogen-bond acceptors (Lipinski definition) is 3. The third-order valence-corrected chi connectivity index (χ3v) is 6.05. The van der Waals surface area contributed by atoms with Gasteiger partial charge >= 0.3 is 0 Å². The van der Waals surface area contributed by atoms with Crippen LogP contribution in [0.2, 0.25) is 0 Å². The zero-order valence-electron chi connectivity index (χ0n) is 17.2. The van der Waals surface area contributed by atoms with Crippen molar-refractivity contribution in [2.45, 2.75) is 46.1 Å². The first-order valence-electron chi connectivity index (χ1n) is 10.7. The number of nitrogens with zero attached hydrogens (tertiary/aromatic N) is 4. The Balaban J connectivity index is 1.33. The second-order valence-corrected chi connectivity index (χ2v) is 7.98. The Hall–Kier alpha value is -1.65. The van der Waals surface area contributed by atoms with Gasteiger partial charge in [0, 0.05) is 32.0 Å². The molecule has 27 heavy (non-hydrogen) atoms. The Morgan fingerprint density at radius 1 is 1.11 bits per heavy atom. The predicted molar refractivity (Wildman–Crippen MR) is 113 cm³/mol. The summed E-state index contributed by atoms with van der Waals surface area (Å²) in [4.78, 5) is 5.30. The summed E-state index contributed by atoms with van der Waals surface area (Å²) in [7, 11) is 0. The summed E-state index contributed by atoms with van der Waals surface area (Å²) in [6.45, 7) is 12.9. The molecule has 0 radical (unpaired) electrons. The van der Waals surface area contributed by atoms with Crippen LogP contribution in [0.3, 0.4) is 0 Å². The minimum atomic E-state index is 0.865. The van der Waals surface area contributed by atoms with Gasteiger partial charge in [-0.3, -0.25) is 4.68 Å². The van der Waals surface area contributed by atoms with Crippen LogP contribution in [-0.2, 0) is 13.0 Å². The zero-order valence-corrected chi connectivity index (χ0v) is 17.2. The Morgan fingerprint density at radius 3 is 2.63 bits per heavy atom. The van der Waals surface area contributed by atoms with Crippen LogP contribution in [0.5, 0.6) is 0 Å². The van der Waals surface area contributed by atoms with Crippen molar-refractivity contribution in [2.24, 2.45) is 5.92 Å². The molecule has 0 aliphatic carbocycles. The van der Waals surface area contributed by atoms with Crippen LogP contribution in [0.15, 0.2) is 42.7 Å². The van der Waals surface area contributed by atoms with Crippen LogP contribution >= 0.6 is 0 Å². The van der Waals surface area contributed by atoms with Crippen LogP contribution in [0.25, 0.3) is 0 Å². The molecule has 0 N–H and O–H groups in total. The van der Waals surface area contributed by atoms with E-state index in [2.05, 4.69) is 59.2 Å². The van der Waals surface area contributed by atoms with Gasteiger partial charge in [-0.25, -0.2) is 0 Å². The van der Waals surface area contributed by atoms with Crippen LogP contribution in [0, 0.1) is 12.8 Å². The maximum Gasteiger partial charge on any atom is 0.0489 e. The quantitative estimate of drug-likeness (QED) is 0.636. The molecule has 1 aromatic carbocycles. The standard InChI is InChI=1S/C23H36N4/c1-3-25(14-7-16-27-15-6-13-24-27)20-22-10-17-26(18-11-22)19-12-23-9-5-4-8-21(23)2/h4-6,8-9,13,15,22H,3,7,10-12,14,16-20H2,1-2H3. The summed E-state index contributed by atoms with van der Waals surface area (Å²) in [5.74, 6) is 0.865. The summed E-state index contributed by atoms with van der Waals surface area (Å²) < 4.78 is 2.04. The van der Waals surface area contributed by atoms with Gasteiger partial charge in [0.15, 0.2) is 0 Å². The monoisotopic (exact) mass is 368 g/mol. The topological polar surface area (TPSA) is 24.3 Å². The first-order valence-corrected chi connectivity index (χ1v) is 10.7. The second-order valence-electron chi connectivity index (χ2n) is 7.98. The van der Waals surface area contributed by atoms with Crippen molar-refractivity contribution in [3.8, 4) is 0 Å². The van der Waals surface area contributed by atoms with Crippen molar-refractivity contribution in [3.63, 3.8) is 0 Å². The number of benzene rings is 1. The zero-order chi connectivity index (χ0) is 18.9. The van der Waals surface area contributed by atoms with Crippen molar-refractivity contribution < 1.29 is 0 Å². The van der Waals surface area contributed by atoms with E-state index in [4.69, 9.17) is 0 Å². The molecule has 4 heteroatoms. The summed E-state index contributed by atoms with van der Waals surface area (Å²) >= 11 is 0. The average molecular weight is 369 g/mol. The fraction of sp³-hybridized carbons (Fsp3) is 0.609. The van der Waals surface area contributed by atoms with E-state index >= 15 is 0 Å². The third kappa shape index (κ3) is 6.47. The van der Waals surface area contributed by atoms with Gasteiger partial charge in [0.05, 0.1) is 0 Å². The molecule has 0 unspecified atom stereocenters. The van der Waals surface area contributed by atoms with Gasteiger partial charge in [-0.05, 0) is 81.9 Å². The van der Waals surface area contributed by atoms with E-state index in [9.17, 15) is 0 Å². The minimum absolute atomic E-state index is 0.865. The molecule has 0 amide bonds. The van der Waals surface area contributed by atoms with E-state index in [1.807, 2.05) is 16.9 Å². The van der Waals surface area contributed by atoms with Gasteiger partial charge < -0.3 is 9.80 Å². The Kier molecular flexibility index (Phi) is 7.91. The molecule has 1 saturated heterocycles. The number of hydrogen-bond donors (Lipinski definition) is 0. The molecule has 4 nitrogen and oxygen atoms in total. The smallest absolute Gasteiger partial charge is 0.0489 e. The molecule has 3 rings (SSSR count). The molecule has 0 spiro atoms. The highest BCUT2D eigenvalue weighted by Crippen LogP contribution is 2.19. The van der Waals surface area contributed by atoms with Gasteiger partial charge in [0.25, 0.3) is 0 Å². The van der Waals surface area contributed by atoms with E-state index < -0.39 is 0 Å². The first kappa shape index (κ1) is 20.1. The van der Waals surface area contributed by atoms with Crippen LogP contribution in [-0.4, -0.2) is 58.8 Å². The predicted octanol–water partition coefficient (Wildman–Crippen LogP) is 3.86. The number of aryl methyl sites for hydroxylation is 2. The summed E-state index contributed by atoms with van der Waals surface area (Å²) in [5.41, 5.74) is 2.94. The lowest BCUT2D eigenvalue weighted by Crippen LogP contribution is -2.40. The number of piperidine rings is 1. The van der Waals surface area contributed by atoms with Crippen LogP contribution in [0.1, 0.15) is 37.3 Å². The SMILES string of the molecule is CCN(CCCn1cccn1)CC1CCN(CCc2ccccc2C)CC1. The normalized spacial score (nSPS) is 16.3. The Morgan fingerprint density at radius 2 is 1.93 bits per heavy atom. The third-order valence-electron chi connectivity index (χ3n) is 6.05. The highest BCUT2D eigenvalue weighted by atomic mass is 15.3. The highest BCUT2D eigenvalue weighted by Gasteiger charge is 2.20. The van der Waals surface area contributed by atoms with Crippen molar-refractivity contribution >= 4 is 0 Å². The summed E-state index contributed by atoms with van der Waals surface area (Å²) in [6, 6.07) is 10.8. The lowest BCUT2D eigenvalue weighted by Gasteiger charge is -2.34. The van der Waals surface area contributed by atoms with Crippen molar-refractivity contribution in [3.05, 3.63) is 53.9 Å². The molecular weight excluding hydrogens is 332 g/mol. The Labute approximate surface area is 165 Å². The maximum atomic E-state index is 4.30. The molecule has 1 aliphatic rings. The van der Waals surface area contributed by atoms with Crippen molar-refractivity contribution in [1.82, 2.24) is 19.6 Å². The number of likely N-dealkylation sites (tertiary alicyclic amines) is 1. The van der Waals surface area contributed by atoms with E-state index in [-0.39, 0.29) is 0 Å². The van der Waals surface area contributed by atoms with Gasteiger partial charge in [-0.15, -0.1) is 0 Å². The van der Waals surface area contributed by atoms with E-state index in [0.717, 1.165) is 19.0 Å². The lowest BCUT2D eigenvalue weighted by molar-refractivity contribution is 0.145. The van der Waals surface area contributed by atoms with E-state index in [0.29, 0.717) is 0 Å². The van der Waals surface area contributed by atoms with Crippen LogP contribution < -0.4 is 0 Å². The van der Waals surface area contributed by atoms with Gasteiger partial charge in [-0.1, -0.05) is 31.2 Å². The van der Waals surface area contributed by atoms with Crippen molar-refractivity contribution in [2.75, 3.05) is 39.3 Å². The molecule has 1 aromatic heterocycles. The number of aromatic nitrogens is 2. The van der Waals surface area contributed by atoms with Gasteiger partial charge in [0.2, 0.25) is 0 Å². The Bertz CT molecular complexity index is 644. The van der Waals surface area contributed by atoms with Gasteiger partial charge in [-0.2, -0.15) is 5.10 Å². The molecule has 2 aromatic rings. The maximum absolute atomic E-state index is 4.30. The molecule has 0 bridgehead atoms. The number of rotatable bonds is 10. The lowest BCUT2D eigenvalue weighted by atomic mass is 9.95. The molecular formula is C23H36N4.